The van der Waals surface area contributed by atoms with Gasteiger partial charge in [-0.15, -0.1) is 0 Å². The van der Waals surface area contributed by atoms with E-state index in [1.54, 1.807) is 18.2 Å². The van der Waals surface area contributed by atoms with Crippen molar-refractivity contribution in [3.63, 3.8) is 0 Å². The van der Waals surface area contributed by atoms with Crippen LogP contribution in [0.3, 0.4) is 0 Å². The average molecular weight is 805 g/mol. The Morgan fingerprint density at radius 1 is 0.860 bits per heavy atom. The van der Waals surface area contributed by atoms with Crippen LogP contribution in [-0.2, 0) is 14.4 Å². The monoisotopic (exact) mass is 804 g/mol. The second-order valence-electron chi connectivity index (χ2n) is 16.1. The number of nitrogens with zero attached hydrogens (tertiary/aromatic N) is 7. The highest BCUT2D eigenvalue weighted by molar-refractivity contribution is 7.81. The number of carbonyl (C=O) groups is 5. The molecular formula is C42H41ClN8O5S. The van der Waals surface area contributed by atoms with Gasteiger partial charge in [0.25, 0.3) is 17.7 Å². The van der Waals surface area contributed by atoms with Crippen molar-refractivity contribution in [2.45, 2.75) is 75.3 Å². The minimum Gasteiger partial charge on any atom is -0.371 e. The lowest BCUT2D eigenvalue weighted by molar-refractivity contribution is -0.136. The normalized spacial score (nSPS) is 23.0. The molecule has 57 heavy (non-hydrogen) atoms. The summed E-state index contributed by atoms with van der Waals surface area (Å²) in [5.74, 6) is -1.03. The molecule has 1 N–H and O–H groups in total. The molecule has 292 valence electrons. The SMILES string of the molecule is N#Cc1ncc(N2C(=O)C3(CCC3)N(c3ccc(C4CCN(CC5CCN(c6ccc7c(c6)C(=O)N(C6CCC(=O)NC6=O)C7=O)CC5)CC4)cc3)C2=S)cc1Cl. The number of hydrogen-bond acceptors (Lipinski definition) is 10. The molecule has 6 heterocycles. The highest BCUT2D eigenvalue weighted by Crippen LogP contribution is 2.48. The van der Waals surface area contributed by atoms with E-state index in [1.807, 2.05) is 17.0 Å². The molecule has 6 aliphatic rings. The van der Waals surface area contributed by atoms with Crippen LogP contribution >= 0.6 is 23.8 Å². The zero-order chi connectivity index (χ0) is 39.6. The summed E-state index contributed by atoms with van der Waals surface area (Å²) in [6.45, 7) is 4.82. The van der Waals surface area contributed by atoms with E-state index in [9.17, 15) is 29.2 Å². The Hall–Kier alpha value is -5.23. The Morgan fingerprint density at radius 2 is 1.56 bits per heavy atom. The number of nitrogens with one attached hydrogen (secondary N) is 1. The van der Waals surface area contributed by atoms with Crippen LogP contribution in [-0.4, -0.2) is 93.7 Å². The molecule has 1 atom stereocenters. The molecule has 1 unspecified atom stereocenters. The number of amides is 5. The van der Waals surface area contributed by atoms with Gasteiger partial charge in [0.2, 0.25) is 11.8 Å². The Balaban J connectivity index is 0.780. The number of thiocarbonyl (C=S) groups is 1. The first-order valence-corrected chi connectivity index (χ1v) is 20.5. The molecule has 13 nitrogen and oxygen atoms in total. The summed E-state index contributed by atoms with van der Waals surface area (Å²) in [5.41, 5.74) is 3.55. The first-order valence-electron chi connectivity index (χ1n) is 19.7. The molecule has 9 rings (SSSR count). The summed E-state index contributed by atoms with van der Waals surface area (Å²) in [4.78, 5) is 78.0. The fraction of sp³-hybridized carbons (Fsp3) is 0.429. The number of rotatable bonds is 7. The number of carbonyl (C=O) groups excluding carboxylic acids is 5. The topological polar surface area (TPSA) is 150 Å². The van der Waals surface area contributed by atoms with Crippen LogP contribution in [0.15, 0.2) is 54.7 Å². The summed E-state index contributed by atoms with van der Waals surface area (Å²) >= 11 is 12.2. The van der Waals surface area contributed by atoms with Gasteiger partial charge >= 0.3 is 0 Å². The van der Waals surface area contributed by atoms with Gasteiger partial charge in [0.15, 0.2) is 10.8 Å². The maximum Gasteiger partial charge on any atom is 0.262 e. The number of aromatic nitrogens is 1. The molecule has 3 aromatic rings. The van der Waals surface area contributed by atoms with Gasteiger partial charge in [-0.1, -0.05) is 23.7 Å². The lowest BCUT2D eigenvalue weighted by Gasteiger charge is -2.43. The molecule has 0 bridgehead atoms. The van der Waals surface area contributed by atoms with E-state index in [2.05, 4.69) is 44.4 Å². The third kappa shape index (κ3) is 6.36. The first-order chi connectivity index (χ1) is 27.6. The molecule has 1 spiro atoms. The van der Waals surface area contributed by atoms with Gasteiger partial charge in [0.05, 0.1) is 28.0 Å². The lowest BCUT2D eigenvalue weighted by atomic mass is 9.75. The minimum absolute atomic E-state index is 0.0825. The quantitative estimate of drug-likeness (QED) is 0.249. The van der Waals surface area contributed by atoms with Gasteiger partial charge in [0.1, 0.15) is 17.6 Å². The summed E-state index contributed by atoms with van der Waals surface area (Å²) < 4.78 is 0. The van der Waals surface area contributed by atoms with Crippen LogP contribution in [0.1, 0.15) is 95.7 Å². The Kier molecular flexibility index (Phi) is 9.58. The highest BCUT2D eigenvalue weighted by Gasteiger charge is 2.59. The lowest BCUT2D eigenvalue weighted by Crippen LogP contribution is -2.55. The number of anilines is 3. The average Bonchev–Trinajstić information content (AvgIpc) is 3.59. The maximum absolute atomic E-state index is 13.9. The summed E-state index contributed by atoms with van der Waals surface area (Å²) in [6, 6.07) is 16.5. The van der Waals surface area contributed by atoms with E-state index >= 15 is 0 Å². The summed E-state index contributed by atoms with van der Waals surface area (Å²) in [7, 11) is 0. The third-order valence-electron chi connectivity index (χ3n) is 12.9. The largest absolute Gasteiger partial charge is 0.371 e. The minimum atomic E-state index is -0.971. The molecule has 4 saturated heterocycles. The van der Waals surface area contributed by atoms with Crippen molar-refractivity contribution in [2.75, 3.05) is 47.4 Å². The molecule has 15 heteroatoms. The number of pyridine rings is 1. The number of halogens is 1. The maximum atomic E-state index is 13.9. The zero-order valence-corrected chi connectivity index (χ0v) is 32.9. The number of imide groups is 2. The van der Waals surface area contributed by atoms with Crippen molar-refractivity contribution in [1.82, 2.24) is 20.1 Å². The molecule has 1 aliphatic carbocycles. The van der Waals surface area contributed by atoms with Crippen molar-refractivity contribution >= 4 is 75.5 Å². The van der Waals surface area contributed by atoms with Crippen molar-refractivity contribution in [2.24, 2.45) is 5.92 Å². The van der Waals surface area contributed by atoms with Crippen LogP contribution in [0.4, 0.5) is 17.1 Å². The molecule has 5 aliphatic heterocycles. The van der Waals surface area contributed by atoms with Crippen LogP contribution in [0.2, 0.25) is 5.02 Å². The Morgan fingerprint density at radius 3 is 2.21 bits per heavy atom. The van der Waals surface area contributed by atoms with Crippen LogP contribution < -0.4 is 20.0 Å². The molecule has 5 amide bonds. The highest BCUT2D eigenvalue weighted by atomic mass is 35.5. The standard InChI is InChI=1S/C42H41ClN8O5S/c43-33-21-30(23-45-34(33)22-44)49-40(56)42(14-1-15-42)51(41(49)57)28-4-2-26(3-5-28)27-12-16-47(17-13-27)24-25-10-18-48(19-11-25)29-6-7-31-32(20-29)39(55)50(38(31)54)35-8-9-36(52)46-37(35)53/h2-7,20-21,23,25,27,35H,1,8-19,24H2,(H,46,52,53). The zero-order valence-electron chi connectivity index (χ0n) is 31.3. The van der Waals surface area contributed by atoms with Crippen LogP contribution in [0.25, 0.3) is 0 Å². The van der Waals surface area contributed by atoms with Gasteiger partial charge in [-0.2, -0.15) is 5.26 Å². The van der Waals surface area contributed by atoms with Gasteiger partial charge in [-0.3, -0.25) is 39.1 Å². The van der Waals surface area contributed by atoms with Gasteiger partial charge in [0, 0.05) is 37.4 Å². The smallest absolute Gasteiger partial charge is 0.262 e. The fourth-order valence-corrected chi connectivity index (χ4v) is 10.3. The molecule has 2 aromatic carbocycles. The fourth-order valence-electron chi connectivity index (χ4n) is 9.58. The molecule has 1 aromatic heterocycles. The number of likely N-dealkylation sites (tertiary alicyclic amines) is 1. The predicted octanol–water partition coefficient (Wildman–Crippen LogP) is 5.16. The summed E-state index contributed by atoms with van der Waals surface area (Å²) in [5, 5.41) is 12.1. The predicted molar refractivity (Wildman–Crippen MR) is 216 cm³/mol. The second kappa shape index (κ2) is 14.6. The number of fused-ring (bicyclic) bond motifs is 1. The van der Waals surface area contributed by atoms with Gasteiger partial charge < -0.3 is 14.7 Å². The first kappa shape index (κ1) is 37.4. The molecular weight excluding hydrogens is 764 g/mol. The van der Waals surface area contributed by atoms with Gasteiger partial charge in [-0.25, -0.2) is 4.98 Å². The molecule has 1 saturated carbocycles. The van der Waals surface area contributed by atoms with E-state index in [0.717, 1.165) is 81.1 Å². The molecule has 0 radical (unpaired) electrons. The van der Waals surface area contributed by atoms with Crippen molar-refractivity contribution in [3.8, 4) is 6.07 Å². The van der Waals surface area contributed by atoms with E-state index < -0.39 is 35.2 Å². The second-order valence-corrected chi connectivity index (χ2v) is 16.8. The number of nitriles is 1. The van der Waals surface area contributed by atoms with E-state index in [1.165, 1.54) is 16.7 Å². The Labute approximate surface area is 340 Å². The van der Waals surface area contributed by atoms with Crippen molar-refractivity contribution in [1.29, 1.82) is 5.26 Å². The van der Waals surface area contributed by atoms with Crippen molar-refractivity contribution < 1.29 is 24.0 Å². The van der Waals surface area contributed by atoms with Gasteiger partial charge in [-0.05, 0) is 130 Å². The number of piperidine rings is 3. The van der Waals surface area contributed by atoms with E-state index in [4.69, 9.17) is 23.8 Å². The number of hydrogen-bond donors (Lipinski definition) is 1. The van der Waals surface area contributed by atoms with E-state index in [0.29, 0.717) is 46.6 Å². The Bertz CT molecular complexity index is 2260. The summed E-state index contributed by atoms with van der Waals surface area (Å²) in [6.07, 6.45) is 8.27. The van der Waals surface area contributed by atoms with E-state index in [-0.39, 0.29) is 29.5 Å². The van der Waals surface area contributed by atoms with Crippen LogP contribution in [0, 0.1) is 17.2 Å². The van der Waals surface area contributed by atoms with Crippen molar-refractivity contribution in [3.05, 3.63) is 82.1 Å². The molecule has 5 fully saturated rings. The third-order valence-corrected chi connectivity index (χ3v) is 13.6. The number of benzene rings is 2. The van der Waals surface area contributed by atoms with Crippen LogP contribution in [0.5, 0.6) is 0 Å².